The Hall–Kier alpha value is -3.89. The average molecular weight is 664 g/mol. The minimum Gasteiger partial charge on any atom is -0.406 e. The summed E-state index contributed by atoms with van der Waals surface area (Å²) in [5.41, 5.74) is 3.33. The van der Waals surface area contributed by atoms with Gasteiger partial charge in [0.25, 0.3) is 0 Å². The van der Waals surface area contributed by atoms with Gasteiger partial charge in [0.15, 0.2) is 5.13 Å². The van der Waals surface area contributed by atoms with E-state index in [1.165, 1.54) is 11.3 Å². The van der Waals surface area contributed by atoms with Crippen LogP contribution in [0, 0.1) is 6.92 Å². The van der Waals surface area contributed by atoms with Crippen LogP contribution in [-0.4, -0.2) is 67.9 Å². The number of nitrogens with zero attached hydrogens (tertiary/aromatic N) is 6. The van der Waals surface area contributed by atoms with Gasteiger partial charge in [-0.15, -0.1) is 18.3 Å². The number of hydrogen-bond donors (Lipinski definition) is 1. The summed E-state index contributed by atoms with van der Waals surface area (Å²) in [5.74, 6) is -1.08. The van der Waals surface area contributed by atoms with E-state index in [4.69, 9.17) is 0 Å². The van der Waals surface area contributed by atoms with Crippen LogP contribution in [0.4, 0.5) is 18.3 Å². The van der Waals surface area contributed by atoms with Crippen molar-refractivity contribution in [1.29, 1.82) is 0 Å². The van der Waals surface area contributed by atoms with Gasteiger partial charge >= 0.3 is 6.36 Å². The van der Waals surface area contributed by atoms with Crippen molar-refractivity contribution >= 4 is 38.1 Å². The van der Waals surface area contributed by atoms with Gasteiger partial charge in [-0.3, -0.25) is 4.79 Å². The van der Waals surface area contributed by atoms with Crippen molar-refractivity contribution in [2.24, 2.45) is 15.4 Å². The number of hydrogen-bond acceptors (Lipinski definition) is 10. The summed E-state index contributed by atoms with van der Waals surface area (Å²) >= 11 is 1.36. The first kappa shape index (κ1) is 32.5. The lowest BCUT2D eigenvalue weighted by Crippen LogP contribution is -2.60. The van der Waals surface area contributed by atoms with Crippen molar-refractivity contribution in [1.82, 2.24) is 14.6 Å². The number of benzene rings is 2. The number of ether oxygens (including phenoxy) is 1. The van der Waals surface area contributed by atoms with E-state index >= 15 is 0 Å². The zero-order valence-electron chi connectivity index (χ0n) is 25.0. The molecule has 3 heterocycles. The average Bonchev–Trinajstić information content (AvgIpc) is 3.64. The third kappa shape index (κ3) is 7.50. The SMILES string of the molecule is Cc1nc(N2CCN(S(=O)(=O)c3ccc(OC(F)(F)F)cc3)[C@@H](C(=O)NCc3ccc(C(C)(C)C)cc3)C2)sc1C1=NN=NC1. The highest BCUT2D eigenvalue weighted by Crippen LogP contribution is 2.32. The number of halogens is 3. The molecule has 45 heavy (non-hydrogen) atoms. The van der Waals surface area contributed by atoms with Gasteiger partial charge in [-0.1, -0.05) is 56.4 Å². The number of aromatic nitrogens is 1. The van der Waals surface area contributed by atoms with E-state index in [0.29, 0.717) is 17.4 Å². The van der Waals surface area contributed by atoms with E-state index in [2.05, 4.69) is 51.2 Å². The molecule has 1 atom stereocenters. The van der Waals surface area contributed by atoms with Crippen LogP contribution in [0.3, 0.4) is 0 Å². The van der Waals surface area contributed by atoms with Crippen molar-refractivity contribution in [2.45, 2.75) is 57.0 Å². The molecule has 16 heteroatoms. The van der Waals surface area contributed by atoms with Crippen LogP contribution in [0.25, 0.3) is 0 Å². The van der Waals surface area contributed by atoms with Crippen LogP contribution in [0.15, 0.2) is 68.9 Å². The fourth-order valence-corrected chi connectivity index (χ4v) is 7.58. The summed E-state index contributed by atoms with van der Waals surface area (Å²) in [5, 5.41) is 15.1. The lowest BCUT2D eigenvalue weighted by Gasteiger charge is -2.39. The Labute approximate surface area is 262 Å². The van der Waals surface area contributed by atoms with Crippen molar-refractivity contribution in [3.63, 3.8) is 0 Å². The van der Waals surface area contributed by atoms with Crippen molar-refractivity contribution in [3.8, 4) is 5.75 Å². The number of nitrogens with one attached hydrogen (secondary N) is 1. The molecule has 0 radical (unpaired) electrons. The van der Waals surface area contributed by atoms with E-state index in [0.717, 1.165) is 50.3 Å². The highest BCUT2D eigenvalue weighted by Gasteiger charge is 2.41. The van der Waals surface area contributed by atoms with E-state index in [1.54, 1.807) is 0 Å². The number of thiazole rings is 1. The monoisotopic (exact) mass is 663 g/mol. The van der Waals surface area contributed by atoms with Gasteiger partial charge in [0.1, 0.15) is 24.0 Å². The highest BCUT2D eigenvalue weighted by atomic mass is 32.2. The van der Waals surface area contributed by atoms with Gasteiger partial charge in [0.2, 0.25) is 15.9 Å². The zero-order valence-corrected chi connectivity index (χ0v) is 26.6. The zero-order chi connectivity index (χ0) is 32.6. The number of amides is 1. The standard InChI is InChI=1S/C29H32F3N7O4S2/c1-18-25(23-16-34-37-36-23)44-27(35-18)38-13-14-39(45(41,42)22-11-9-21(10-12-22)43-29(30,31)32)24(17-38)26(40)33-15-19-5-7-20(8-6-19)28(2,3)4/h5-12,24H,13-17H2,1-4H3,(H,33,40)/t24-/m1/s1. The smallest absolute Gasteiger partial charge is 0.406 e. The number of anilines is 1. The molecular weight excluding hydrogens is 631 g/mol. The number of sulfonamides is 1. The van der Waals surface area contributed by atoms with Crippen molar-refractivity contribution in [3.05, 3.63) is 70.2 Å². The maximum absolute atomic E-state index is 13.8. The molecule has 0 aliphatic carbocycles. The topological polar surface area (TPSA) is 129 Å². The van der Waals surface area contributed by atoms with Gasteiger partial charge < -0.3 is 15.0 Å². The largest absolute Gasteiger partial charge is 0.573 e. The molecule has 0 unspecified atom stereocenters. The van der Waals surface area contributed by atoms with E-state index in [1.807, 2.05) is 36.1 Å². The Morgan fingerprint density at radius 3 is 2.36 bits per heavy atom. The molecule has 2 aliphatic rings. The Kier molecular flexibility index (Phi) is 9.01. The molecule has 240 valence electrons. The quantitative estimate of drug-likeness (QED) is 0.361. The minimum absolute atomic E-state index is 0.00306. The third-order valence-electron chi connectivity index (χ3n) is 7.35. The molecule has 1 saturated heterocycles. The van der Waals surface area contributed by atoms with Crippen molar-refractivity contribution < 1.29 is 31.1 Å². The van der Waals surface area contributed by atoms with Crippen molar-refractivity contribution in [2.75, 3.05) is 31.1 Å². The van der Waals surface area contributed by atoms with Gasteiger partial charge in [-0.2, -0.15) is 9.42 Å². The molecule has 1 fully saturated rings. The molecular formula is C29H32F3N7O4S2. The Bertz CT molecular complexity index is 1720. The normalized spacial score (nSPS) is 17.8. The molecule has 11 nitrogen and oxygen atoms in total. The lowest BCUT2D eigenvalue weighted by atomic mass is 9.87. The second kappa shape index (κ2) is 12.5. The number of carbonyl (C=O) groups is 1. The second-order valence-electron chi connectivity index (χ2n) is 11.6. The molecule has 5 rings (SSSR count). The summed E-state index contributed by atoms with van der Waals surface area (Å²) < 4.78 is 70.5. The first-order valence-corrected chi connectivity index (χ1v) is 16.3. The predicted molar refractivity (Wildman–Crippen MR) is 163 cm³/mol. The summed E-state index contributed by atoms with van der Waals surface area (Å²) in [6.45, 7) is 8.79. The Balaban J connectivity index is 1.39. The molecule has 0 spiro atoms. The van der Waals surface area contributed by atoms with E-state index in [9.17, 15) is 26.4 Å². The fourth-order valence-electron chi connectivity index (χ4n) is 4.94. The molecule has 1 aromatic heterocycles. The molecule has 2 aliphatic heterocycles. The molecule has 1 N–H and O–H groups in total. The second-order valence-corrected chi connectivity index (χ2v) is 14.5. The third-order valence-corrected chi connectivity index (χ3v) is 10.5. The lowest BCUT2D eigenvalue weighted by molar-refractivity contribution is -0.274. The van der Waals surface area contributed by atoms with Crippen LogP contribution < -0.4 is 15.0 Å². The fraction of sp³-hybridized carbons (Fsp3) is 0.414. The first-order valence-electron chi connectivity index (χ1n) is 14.0. The predicted octanol–water partition coefficient (Wildman–Crippen LogP) is 5.01. The number of rotatable bonds is 8. The van der Waals surface area contributed by atoms with Crippen LogP contribution in [0.5, 0.6) is 5.75 Å². The number of aryl methyl sites for hydroxylation is 1. The molecule has 1 amide bonds. The summed E-state index contributed by atoms with van der Waals surface area (Å²) in [6.07, 6.45) is -4.92. The molecule has 0 saturated carbocycles. The number of carbonyl (C=O) groups excluding carboxylic acids is 1. The summed E-state index contributed by atoms with van der Waals surface area (Å²) in [7, 11) is -4.30. The van der Waals surface area contributed by atoms with Crippen LogP contribution in [-0.2, 0) is 26.8 Å². The summed E-state index contributed by atoms with van der Waals surface area (Å²) in [4.78, 5) is 20.8. The number of alkyl halides is 3. The van der Waals surface area contributed by atoms with E-state index < -0.39 is 34.1 Å². The Morgan fingerprint density at radius 2 is 1.76 bits per heavy atom. The first-order chi connectivity index (χ1) is 21.1. The number of piperazine rings is 1. The molecule has 0 bridgehead atoms. The van der Waals surface area contributed by atoms with Gasteiger partial charge in [-0.25, -0.2) is 13.4 Å². The molecule has 2 aromatic carbocycles. The van der Waals surface area contributed by atoms with Gasteiger partial charge in [0, 0.05) is 26.2 Å². The van der Waals surface area contributed by atoms with Crippen LogP contribution in [0.2, 0.25) is 0 Å². The van der Waals surface area contributed by atoms with Gasteiger partial charge in [-0.05, 0) is 53.0 Å². The minimum atomic E-state index is -4.92. The summed E-state index contributed by atoms with van der Waals surface area (Å²) in [6, 6.07) is 10.6. The Morgan fingerprint density at radius 1 is 1.07 bits per heavy atom. The highest BCUT2D eigenvalue weighted by molar-refractivity contribution is 7.89. The van der Waals surface area contributed by atoms with Gasteiger partial charge in [0.05, 0.1) is 15.5 Å². The van der Waals surface area contributed by atoms with Crippen LogP contribution >= 0.6 is 11.3 Å². The maximum atomic E-state index is 13.8. The maximum Gasteiger partial charge on any atom is 0.573 e. The van der Waals surface area contributed by atoms with E-state index in [-0.39, 0.29) is 36.5 Å². The van der Waals surface area contributed by atoms with Crippen LogP contribution in [0.1, 0.15) is 42.5 Å². The molecule has 3 aromatic rings.